The van der Waals surface area contributed by atoms with E-state index in [9.17, 15) is 18.0 Å². The Morgan fingerprint density at radius 3 is 2.50 bits per heavy atom. The van der Waals surface area contributed by atoms with Crippen LogP contribution in [0.3, 0.4) is 0 Å². The molecule has 0 heterocycles. The Balaban J connectivity index is 3.23. The maximum atomic E-state index is 12.5. The smallest absolute Gasteiger partial charge is 0.360 e. The largest absolute Gasteiger partial charge is 0.417 e. The van der Waals surface area contributed by atoms with Crippen molar-refractivity contribution in [2.45, 2.75) is 11.1 Å². The number of benzene rings is 1. The van der Waals surface area contributed by atoms with Crippen LogP contribution in [0.4, 0.5) is 18.0 Å². The lowest BCUT2D eigenvalue weighted by Gasteiger charge is -2.09. The summed E-state index contributed by atoms with van der Waals surface area (Å²) in [6.07, 6.45) is -4.63. The number of amides is 1. The van der Waals surface area contributed by atoms with E-state index in [1.165, 1.54) is 12.1 Å². The fourth-order valence-electron chi connectivity index (χ4n) is 1.04. The summed E-state index contributed by atoms with van der Waals surface area (Å²) in [5.41, 5.74) is 3.28. The first-order chi connectivity index (χ1) is 7.34. The van der Waals surface area contributed by atoms with Gasteiger partial charge in [0.25, 0.3) is 5.24 Å². The van der Waals surface area contributed by atoms with Gasteiger partial charge in [0.2, 0.25) is 0 Å². The quantitative estimate of drug-likeness (QED) is 0.775. The van der Waals surface area contributed by atoms with Gasteiger partial charge in [0.15, 0.2) is 0 Å². The van der Waals surface area contributed by atoms with E-state index in [2.05, 4.69) is 0 Å². The van der Waals surface area contributed by atoms with Crippen LogP contribution in [-0.4, -0.2) is 5.24 Å². The van der Waals surface area contributed by atoms with Gasteiger partial charge in [-0.1, -0.05) is 0 Å². The molecule has 0 unspecified atom stereocenters. The first-order valence-electron chi connectivity index (χ1n) is 3.93. The maximum absolute atomic E-state index is 12.5. The Hall–Kier alpha value is -1.68. The number of rotatable bonds is 1. The van der Waals surface area contributed by atoms with Crippen LogP contribution in [-0.2, 0) is 6.18 Å². The van der Waals surface area contributed by atoms with Crippen molar-refractivity contribution in [3.63, 3.8) is 0 Å². The number of hydrogen-bond donors (Lipinski definition) is 1. The SMILES string of the molecule is N#Cc1ccc(SC(N)=O)cc1C(F)(F)F. The minimum Gasteiger partial charge on any atom is -0.360 e. The topological polar surface area (TPSA) is 66.9 Å². The summed E-state index contributed by atoms with van der Waals surface area (Å²) in [7, 11) is 0. The van der Waals surface area contributed by atoms with E-state index >= 15 is 0 Å². The monoisotopic (exact) mass is 246 g/mol. The van der Waals surface area contributed by atoms with E-state index in [4.69, 9.17) is 11.0 Å². The van der Waals surface area contributed by atoms with Crippen LogP contribution in [0, 0.1) is 11.3 Å². The number of hydrogen-bond acceptors (Lipinski definition) is 3. The van der Waals surface area contributed by atoms with Crippen molar-refractivity contribution in [1.82, 2.24) is 0 Å². The van der Waals surface area contributed by atoms with Crippen molar-refractivity contribution in [2.24, 2.45) is 5.73 Å². The van der Waals surface area contributed by atoms with Crippen LogP contribution in [0.25, 0.3) is 0 Å². The van der Waals surface area contributed by atoms with Crippen molar-refractivity contribution < 1.29 is 18.0 Å². The third kappa shape index (κ3) is 2.90. The molecule has 0 aromatic heterocycles. The lowest BCUT2D eigenvalue weighted by molar-refractivity contribution is -0.137. The number of nitriles is 1. The molecule has 84 valence electrons. The highest BCUT2D eigenvalue weighted by Gasteiger charge is 2.33. The molecule has 16 heavy (non-hydrogen) atoms. The molecule has 0 aliphatic carbocycles. The van der Waals surface area contributed by atoms with E-state index in [0.29, 0.717) is 11.8 Å². The number of nitrogens with zero attached hydrogens (tertiary/aromatic N) is 1. The van der Waals surface area contributed by atoms with Crippen molar-refractivity contribution in [3.8, 4) is 6.07 Å². The molecule has 0 atom stereocenters. The van der Waals surface area contributed by atoms with Gasteiger partial charge in [-0.05, 0) is 30.0 Å². The van der Waals surface area contributed by atoms with Crippen molar-refractivity contribution in [1.29, 1.82) is 5.26 Å². The van der Waals surface area contributed by atoms with E-state index in [1.807, 2.05) is 0 Å². The molecule has 0 radical (unpaired) electrons. The summed E-state index contributed by atoms with van der Waals surface area (Å²) >= 11 is 0.477. The molecule has 2 N–H and O–H groups in total. The van der Waals surface area contributed by atoms with Gasteiger partial charge in [0, 0.05) is 4.90 Å². The predicted molar refractivity (Wildman–Crippen MR) is 51.6 cm³/mol. The number of thioether (sulfide) groups is 1. The zero-order valence-corrected chi connectivity index (χ0v) is 8.52. The first-order valence-corrected chi connectivity index (χ1v) is 4.75. The van der Waals surface area contributed by atoms with Gasteiger partial charge in [0.1, 0.15) is 0 Å². The highest BCUT2D eigenvalue weighted by molar-refractivity contribution is 8.13. The Bertz CT molecular complexity index is 465. The van der Waals surface area contributed by atoms with Gasteiger partial charge in [-0.15, -0.1) is 0 Å². The summed E-state index contributed by atoms with van der Waals surface area (Å²) in [4.78, 5) is 10.6. The molecule has 1 aromatic rings. The number of primary amides is 1. The van der Waals surface area contributed by atoms with Crippen molar-refractivity contribution in [2.75, 3.05) is 0 Å². The number of alkyl halides is 3. The van der Waals surface area contributed by atoms with Crippen LogP contribution >= 0.6 is 11.8 Å². The zero-order valence-electron chi connectivity index (χ0n) is 7.71. The van der Waals surface area contributed by atoms with Gasteiger partial charge >= 0.3 is 6.18 Å². The third-order valence-electron chi connectivity index (χ3n) is 1.64. The minimum absolute atomic E-state index is 0.0545. The molecule has 3 nitrogen and oxygen atoms in total. The summed E-state index contributed by atoms with van der Waals surface area (Å²) in [5.74, 6) is 0. The number of carbonyl (C=O) groups is 1. The molecule has 0 bridgehead atoms. The summed E-state index contributed by atoms with van der Waals surface area (Å²) in [6, 6.07) is 4.41. The lowest BCUT2D eigenvalue weighted by Crippen LogP contribution is -2.08. The molecule has 0 aliphatic rings. The molecule has 0 spiro atoms. The Morgan fingerprint density at radius 2 is 2.06 bits per heavy atom. The van der Waals surface area contributed by atoms with Crippen LogP contribution in [0.1, 0.15) is 11.1 Å². The number of halogens is 3. The normalized spacial score (nSPS) is 10.9. The van der Waals surface area contributed by atoms with Gasteiger partial charge in [-0.2, -0.15) is 18.4 Å². The minimum atomic E-state index is -4.63. The fraction of sp³-hybridized carbons (Fsp3) is 0.111. The molecule has 0 saturated heterocycles. The molecule has 1 rings (SSSR count). The summed E-state index contributed by atoms with van der Waals surface area (Å²) < 4.78 is 37.4. The van der Waals surface area contributed by atoms with Gasteiger partial charge < -0.3 is 5.73 Å². The average Bonchev–Trinajstić information content (AvgIpc) is 2.15. The van der Waals surface area contributed by atoms with Gasteiger partial charge in [-0.25, -0.2) is 0 Å². The highest BCUT2D eigenvalue weighted by Crippen LogP contribution is 2.34. The summed E-state index contributed by atoms with van der Waals surface area (Å²) in [6.45, 7) is 0. The van der Waals surface area contributed by atoms with Gasteiger partial charge in [0.05, 0.1) is 17.2 Å². The Labute approximate surface area is 93.0 Å². The maximum Gasteiger partial charge on any atom is 0.417 e. The highest BCUT2D eigenvalue weighted by atomic mass is 32.2. The van der Waals surface area contributed by atoms with Crippen molar-refractivity contribution >= 4 is 17.0 Å². The molecule has 0 aliphatic heterocycles. The van der Waals surface area contributed by atoms with E-state index in [-0.39, 0.29) is 4.90 Å². The predicted octanol–water partition coefficient (Wildman–Crippen LogP) is 2.75. The zero-order chi connectivity index (χ0) is 12.3. The molecular weight excluding hydrogens is 241 g/mol. The second-order valence-electron chi connectivity index (χ2n) is 2.74. The standard InChI is InChI=1S/C9H5F3N2OS/c10-9(11,12)7-3-6(16-8(14)15)2-1-5(7)4-13/h1-3H,(H2,14,15). The molecule has 1 aromatic carbocycles. The molecule has 7 heteroatoms. The van der Waals surface area contributed by atoms with E-state index in [0.717, 1.165) is 12.1 Å². The van der Waals surface area contributed by atoms with Crippen LogP contribution in [0.15, 0.2) is 23.1 Å². The van der Waals surface area contributed by atoms with Crippen LogP contribution in [0.5, 0.6) is 0 Å². The van der Waals surface area contributed by atoms with Crippen LogP contribution < -0.4 is 5.73 Å². The third-order valence-corrected chi connectivity index (χ3v) is 2.33. The van der Waals surface area contributed by atoms with Gasteiger partial charge in [-0.3, -0.25) is 4.79 Å². The molecule has 1 amide bonds. The Kier molecular flexibility index (Phi) is 3.44. The Morgan fingerprint density at radius 1 is 1.44 bits per heavy atom. The second-order valence-corrected chi connectivity index (χ2v) is 3.82. The van der Waals surface area contributed by atoms with Crippen LogP contribution in [0.2, 0.25) is 0 Å². The van der Waals surface area contributed by atoms with E-state index in [1.54, 1.807) is 0 Å². The molecule has 0 fully saturated rings. The van der Waals surface area contributed by atoms with E-state index < -0.39 is 22.5 Å². The number of nitrogens with two attached hydrogens (primary N) is 1. The van der Waals surface area contributed by atoms with Crippen molar-refractivity contribution in [3.05, 3.63) is 29.3 Å². The second kappa shape index (κ2) is 4.45. The fourth-order valence-corrected chi connectivity index (χ4v) is 1.58. The number of carbonyl (C=O) groups excluding carboxylic acids is 1. The molecular formula is C9H5F3N2OS. The first kappa shape index (κ1) is 12.4. The molecule has 0 saturated carbocycles. The average molecular weight is 246 g/mol. The summed E-state index contributed by atoms with van der Waals surface area (Å²) in [5, 5.41) is 7.70. The lowest BCUT2D eigenvalue weighted by atomic mass is 10.1.